The second-order valence-corrected chi connectivity index (χ2v) is 5.86. The van der Waals surface area contributed by atoms with E-state index in [2.05, 4.69) is 43.0 Å². The zero-order chi connectivity index (χ0) is 12.1. The van der Waals surface area contributed by atoms with E-state index in [1.165, 1.54) is 17.9 Å². The fraction of sp³-hybridized carbons (Fsp3) is 0.636. The first-order valence-electron chi connectivity index (χ1n) is 5.90. The molecule has 1 aromatic rings. The Labute approximate surface area is 115 Å². The molecule has 0 radical (unpaired) electrons. The maximum Gasteiger partial charge on any atom is 0.148 e. The van der Waals surface area contributed by atoms with Gasteiger partial charge in [0.15, 0.2) is 0 Å². The third-order valence-corrected chi connectivity index (χ3v) is 4.42. The second kappa shape index (κ2) is 6.44. The summed E-state index contributed by atoms with van der Waals surface area (Å²) < 4.78 is 0.980. The molecule has 1 aliphatic rings. The third-order valence-electron chi connectivity index (χ3n) is 2.64. The highest BCUT2D eigenvalue weighted by atomic mass is 79.9. The summed E-state index contributed by atoms with van der Waals surface area (Å²) in [6, 6.07) is 0. The van der Waals surface area contributed by atoms with Crippen molar-refractivity contribution in [1.82, 2.24) is 9.97 Å². The van der Waals surface area contributed by atoms with Crippen molar-refractivity contribution in [2.75, 3.05) is 41.4 Å². The molecule has 2 rings (SSSR count). The Morgan fingerprint density at radius 1 is 1.41 bits per heavy atom. The molecule has 1 aliphatic heterocycles. The van der Waals surface area contributed by atoms with E-state index in [0.717, 1.165) is 35.7 Å². The van der Waals surface area contributed by atoms with Gasteiger partial charge in [0, 0.05) is 25.4 Å². The smallest absolute Gasteiger partial charge is 0.148 e. The lowest BCUT2D eigenvalue weighted by Crippen LogP contribution is -2.27. The van der Waals surface area contributed by atoms with Crippen LogP contribution in [0.4, 0.5) is 11.6 Å². The zero-order valence-corrected chi connectivity index (χ0v) is 12.4. The van der Waals surface area contributed by atoms with Gasteiger partial charge < -0.3 is 10.2 Å². The van der Waals surface area contributed by atoms with Crippen molar-refractivity contribution in [2.24, 2.45) is 0 Å². The van der Waals surface area contributed by atoms with Gasteiger partial charge in [0.05, 0.1) is 0 Å². The highest BCUT2D eigenvalue weighted by molar-refractivity contribution is 9.10. The first-order valence-corrected chi connectivity index (χ1v) is 7.84. The van der Waals surface area contributed by atoms with Crippen LogP contribution < -0.4 is 10.2 Å². The lowest BCUT2D eigenvalue weighted by Gasteiger charge is -2.22. The van der Waals surface area contributed by atoms with Gasteiger partial charge in [-0.05, 0) is 35.0 Å². The summed E-state index contributed by atoms with van der Waals surface area (Å²) >= 11 is 5.63. The van der Waals surface area contributed by atoms with Crippen molar-refractivity contribution in [3.8, 4) is 0 Å². The monoisotopic (exact) mass is 316 g/mol. The molecule has 94 valence electrons. The van der Waals surface area contributed by atoms with Crippen molar-refractivity contribution in [2.45, 2.75) is 13.3 Å². The minimum absolute atomic E-state index is 0.866. The van der Waals surface area contributed by atoms with Gasteiger partial charge in [0.25, 0.3) is 0 Å². The molecule has 0 spiro atoms. The molecule has 1 N–H and O–H groups in total. The van der Waals surface area contributed by atoms with Gasteiger partial charge in [-0.3, -0.25) is 0 Å². The summed E-state index contributed by atoms with van der Waals surface area (Å²) in [5.74, 6) is 4.32. The fourth-order valence-electron chi connectivity index (χ4n) is 1.83. The van der Waals surface area contributed by atoms with E-state index in [1.54, 1.807) is 6.33 Å². The summed E-state index contributed by atoms with van der Waals surface area (Å²) in [4.78, 5) is 11.0. The van der Waals surface area contributed by atoms with Crippen LogP contribution in [0.2, 0.25) is 0 Å². The van der Waals surface area contributed by atoms with Crippen LogP contribution in [-0.4, -0.2) is 41.1 Å². The Balaban J connectivity index is 2.21. The summed E-state index contributed by atoms with van der Waals surface area (Å²) in [6.07, 6.45) is 2.85. The lowest BCUT2D eigenvalue weighted by atomic mass is 10.4. The van der Waals surface area contributed by atoms with Crippen LogP contribution in [-0.2, 0) is 0 Å². The minimum Gasteiger partial charge on any atom is -0.369 e. The summed E-state index contributed by atoms with van der Waals surface area (Å²) in [7, 11) is 0. The van der Waals surface area contributed by atoms with Gasteiger partial charge in [-0.25, -0.2) is 9.97 Å². The van der Waals surface area contributed by atoms with Gasteiger partial charge in [0.1, 0.15) is 22.4 Å². The number of thioether (sulfide) groups is 1. The molecule has 2 heterocycles. The normalized spacial score (nSPS) is 16.7. The van der Waals surface area contributed by atoms with Crippen molar-refractivity contribution < 1.29 is 0 Å². The molecule has 0 aromatic carbocycles. The van der Waals surface area contributed by atoms with Crippen LogP contribution >= 0.6 is 27.7 Å². The fourth-order valence-corrected chi connectivity index (χ4v) is 3.31. The Kier molecular flexibility index (Phi) is 4.91. The molecule has 6 heteroatoms. The Morgan fingerprint density at radius 2 is 2.29 bits per heavy atom. The number of anilines is 2. The molecule has 0 aliphatic carbocycles. The average Bonchev–Trinajstić information content (AvgIpc) is 2.61. The van der Waals surface area contributed by atoms with Gasteiger partial charge in [-0.2, -0.15) is 11.8 Å². The number of hydrogen-bond donors (Lipinski definition) is 1. The molecule has 1 saturated heterocycles. The first kappa shape index (κ1) is 13.0. The molecular weight excluding hydrogens is 300 g/mol. The number of halogens is 1. The molecule has 17 heavy (non-hydrogen) atoms. The molecule has 4 nitrogen and oxygen atoms in total. The molecule has 1 fully saturated rings. The van der Waals surface area contributed by atoms with E-state index in [9.17, 15) is 0 Å². The largest absolute Gasteiger partial charge is 0.369 e. The van der Waals surface area contributed by atoms with Gasteiger partial charge >= 0.3 is 0 Å². The summed E-state index contributed by atoms with van der Waals surface area (Å²) in [5.41, 5.74) is 0. The van der Waals surface area contributed by atoms with Crippen LogP contribution in [0.5, 0.6) is 0 Å². The molecule has 0 bridgehead atoms. The van der Waals surface area contributed by atoms with E-state index in [4.69, 9.17) is 0 Å². The number of aromatic nitrogens is 2. The molecule has 0 atom stereocenters. The zero-order valence-electron chi connectivity index (χ0n) is 9.95. The standard InChI is InChI=1S/C11H17BrN4S/c1-2-13-10-9(12)11(15-8-14-10)16-4-3-6-17-7-5-16/h8H,2-7H2,1H3,(H,13,14,15). The minimum atomic E-state index is 0.866. The van der Waals surface area contributed by atoms with Gasteiger partial charge in [-0.15, -0.1) is 0 Å². The number of nitrogens with one attached hydrogen (secondary N) is 1. The highest BCUT2D eigenvalue weighted by Gasteiger charge is 2.16. The van der Waals surface area contributed by atoms with Gasteiger partial charge in [0.2, 0.25) is 0 Å². The molecular formula is C11H17BrN4S. The molecule has 0 unspecified atom stereocenters. The Bertz CT molecular complexity index is 366. The van der Waals surface area contributed by atoms with E-state index in [-0.39, 0.29) is 0 Å². The van der Waals surface area contributed by atoms with E-state index < -0.39 is 0 Å². The van der Waals surface area contributed by atoms with Gasteiger partial charge in [-0.1, -0.05) is 0 Å². The second-order valence-electron chi connectivity index (χ2n) is 3.84. The predicted octanol–water partition coefficient (Wildman–Crippen LogP) is 2.61. The number of hydrogen-bond acceptors (Lipinski definition) is 5. The highest BCUT2D eigenvalue weighted by Crippen LogP contribution is 2.30. The maximum atomic E-state index is 4.41. The number of nitrogens with zero attached hydrogens (tertiary/aromatic N) is 3. The van der Waals surface area contributed by atoms with Crippen molar-refractivity contribution in [1.29, 1.82) is 0 Å². The van der Waals surface area contributed by atoms with Crippen molar-refractivity contribution in [3.05, 3.63) is 10.8 Å². The Hall–Kier alpha value is -0.490. The molecule has 1 aromatic heterocycles. The van der Waals surface area contributed by atoms with Crippen LogP contribution in [0.25, 0.3) is 0 Å². The Morgan fingerprint density at radius 3 is 3.12 bits per heavy atom. The summed E-state index contributed by atoms with van der Waals surface area (Å²) in [5, 5.41) is 3.24. The quantitative estimate of drug-likeness (QED) is 0.928. The average molecular weight is 317 g/mol. The van der Waals surface area contributed by atoms with Crippen molar-refractivity contribution in [3.63, 3.8) is 0 Å². The lowest BCUT2D eigenvalue weighted by molar-refractivity contribution is 0.796. The topological polar surface area (TPSA) is 41.1 Å². The third kappa shape index (κ3) is 3.25. The number of rotatable bonds is 3. The van der Waals surface area contributed by atoms with E-state index >= 15 is 0 Å². The van der Waals surface area contributed by atoms with E-state index in [1.807, 2.05) is 11.8 Å². The first-order chi connectivity index (χ1) is 8.33. The van der Waals surface area contributed by atoms with Crippen LogP contribution in [0.15, 0.2) is 10.8 Å². The predicted molar refractivity (Wildman–Crippen MR) is 78.1 cm³/mol. The van der Waals surface area contributed by atoms with Crippen LogP contribution in [0, 0.1) is 0 Å². The maximum absolute atomic E-state index is 4.41. The van der Waals surface area contributed by atoms with Crippen LogP contribution in [0.1, 0.15) is 13.3 Å². The SMILES string of the molecule is CCNc1ncnc(N2CCCSCC2)c1Br. The molecule has 0 saturated carbocycles. The summed E-state index contributed by atoms with van der Waals surface area (Å²) in [6.45, 7) is 5.07. The van der Waals surface area contributed by atoms with Crippen molar-refractivity contribution >= 4 is 39.3 Å². The molecule has 0 amide bonds. The van der Waals surface area contributed by atoms with E-state index in [0.29, 0.717) is 0 Å². The van der Waals surface area contributed by atoms with Crippen LogP contribution in [0.3, 0.4) is 0 Å².